The van der Waals surface area contributed by atoms with E-state index in [0.29, 0.717) is 5.69 Å². The number of nitrogens with two attached hydrogens (primary N) is 1. The van der Waals surface area contributed by atoms with E-state index in [2.05, 4.69) is 9.82 Å². The molecule has 2 rings (SSSR count). The second kappa shape index (κ2) is 5.87. The van der Waals surface area contributed by atoms with Gasteiger partial charge in [-0.05, 0) is 44.2 Å². The van der Waals surface area contributed by atoms with Crippen LogP contribution in [-0.4, -0.2) is 25.2 Å². The molecule has 0 saturated carbocycles. The van der Waals surface area contributed by atoms with E-state index in [1.807, 2.05) is 13.8 Å². The van der Waals surface area contributed by atoms with Gasteiger partial charge in [-0.2, -0.15) is 5.10 Å². The predicted octanol–water partition coefficient (Wildman–Crippen LogP) is 1.49. The highest BCUT2D eigenvalue weighted by molar-refractivity contribution is 7.89. The molecule has 2 aromatic rings. The average Bonchev–Trinajstić information content (AvgIpc) is 2.83. The van der Waals surface area contributed by atoms with E-state index in [9.17, 15) is 8.42 Å². The Labute approximate surface area is 125 Å². The molecular formula is C14H20N4O2S. The molecule has 0 spiro atoms. The number of aromatic nitrogens is 2. The fourth-order valence-corrected chi connectivity index (χ4v) is 2.94. The number of nitrogens with one attached hydrogen (secondary N) is 1. The molecule has 114 valence electrons. The second-order valence-electron chi connectivity index (χ2n) is 4.63. The van der Waals surface area contributed by atoms with Crippen LogP contribution in [0.5, 0.6) is 0 Å². The van der Waals surface area contributed by atoms with Crippen molar-refractivity contribution >= 4 is 15.7 Å². The minimum Gasteiger partial charge on any atom is -0.396 e. The fraction of sp³-hybridized carbons (Fsp3) is 0.357. The third-order valence-electron chi connectivity index (χ3n) is 3.43. The van der Waals surface area contributed by atoms with Gasteiger partial charge in [-0.3, -0.25) is 0 Å². The van der Waals surface area contributed by atoms with Gasteiger partial charge in [0.25, 0.3) is 0 Å². The van der Waals surface area contributed by atoms with Crippen LogP contribution in [0.4, 0.5) is 5.69 Å². The molecule has 0 fully saturated rings. The SMILES string of the molecule is CCc1nn(-c2ccc(S(=O)(=O)NC)cc2)c(CC)c1N. The summed E-state index contributed by atoms with van der Waals surface area (Å²) < 4.78 is 27.5. The minimum absolute atomic E-state index is 0.225. The molecule has 21 heavy (non-hydrogen) atoms. The Kier molecular flexibility index (Phi) is 4.34. The quantitative estimate of drug-likeness (QED) is 0.875. The van der Waals surface area contributed by atoms with E-state index in [-0.39, 0.29) is 4.90 Å². The molecular weight excluding hydrogens is 288 g/mol. The van der Waals surface area contributed by atoms with Crippen molar-refractivity contribution in [3.63, 3.8) is 0 Å². The lowest BCUT2D eigenvalue weighted by Gasteiger charge is -2.08. The number of rotatable bonds is 5. The highest BCUT2D eigenvalue weighted by Crippen LogP contribution is 2.23. The Morgan fingerprint density at radius 2 is 1.81 bits per heavy atom. The van der Waals surface area contributed by atoms with Crippen LogP contribution in [0, 0.1) is 0 Å². The lowest BCUT2D eigenvalue weighted by atomic mass is 10.2. The molecule has 0 aliphatic carbocycles. The molecule has 1 aromatic heterocycles. The monoisotopic (exact) mass is 308 g/mol. The number of sulfonamides is 1. The molecule has 0 unspecified atom stereocenters. The van der Waals surface area contributed by atoms with Gasteiger partial charge in [-0.25, -0.2) is 17.8 Å². The van der Waals surface area contributed by atoms with Gasteiger partial charge < -0.3 is 5.73 Å². The lowest BCUT2D eigenvalue weighted by Crippen LogP contribution is -2.18. The molecule has 0 amide bonds. The molecule has 3 N–H and O–H groups in total. The van der Waals surface area contributed by atoms with E-state index in [4.69, 9.17) is 5.73 Å². The topological polar surface area (TPSA) is 90.0 Å². The van der Waals surface area contributed by atoms with Gasteiger partial charge in [0.1, 0.15) is 0 Å². The first-order valence-corrected chi connectivity index (χ1v) is 8.33. The summed E-state index contributed by atoms with van der Waals surface area (Å²) in [5.74, 6) is 0. The van der Waals surface area contributed by atoms with Crippen LogP contribution in [0.25, 0.3) is 5.69 Å². The summed E-state index contributed by atoms with van der Waals surface area (Å²) in [5, 5.41) is 4.51. The first-order chi connectivity index (χ1) is 9.94. The summed E-state index contributed by atoms with van der Waals surface area (Å²) in [6.07, 6.45) is 1.52. The van der Waals surface area contributed by atoms with Crippen molar-refractivity contribution in [2.24, 2.45) is 0 Å². The summed E-state index contributed by atoms with van der Waals surface area (Å²) in [6, 6.07) is 6.58. The molecule has 0 atom stereocenters. The maximum absolute atomic E-state index is 11.7. The lowest BCUT2D eigenvalue weighted by molar-refractivity contribution is 0.588. The fourth-order valence-electron chi connectivity index (χ4n) is 2.21. The van der Waals surface area contributed by atoms with Gasteiger partial charge >= 0.3 is 0 Å². The zero-order chi connectivity index (χ0) is 15.6. The van der Waals surface area contributed by atoms with Crippen LogP contribution in [0.3, 0.4) is 0 Å². The van der Waals surface area contributed by atoms with E-state index in [0.717, 1.165) is 29.9 Å². The molecule has 0 bridgehead atoms. The Balaban J connectivity index is 2.49. The summed E-state index contributed by atoms with van der Waals surface area (Å²) in [5.41, 5.74) is 9.41. The van der Waals surface area contributed by atoms with Gasteiger partial charge in [0.05, 0.1) is 27.7 Å². The average molecular weight is 308 g/mol. The molecule has 0 saturated heterocycles. The Bertz CT molecular complexity index is 733. The molecule has 1 aromatic carbocycles. The number of nitrogens with zero attached hydrogens (tertiary/aromatic N) is 2. The number of anilines is 1. The zero-order valence-electron chi connectivity index (χ0n) is 12.4. The molecule has 0 radical (unpaired) electrons. The van der Waals surface area contributed by atoms with E-state index >= 15 is 0 Å². The highest BCUT2D eigenvalue weighted by Gasteiger charge is 2.15. The predicted molar refractivity (Wildman–Crippen MR) is 83.0 cm³/mol. The van der Waals surface area contributed by atoms with Crippen LogP contribution >= 0.6 is 0 Å². The van der Waals surface area contributed by atoms with Gasteiger partial charge in [-0.1, -0.05) is 13.8 Å². The van der Waals surface area contributed by atoms with Crippen molar-refractivity contribution in [2.75, 3.05) is 12.8 Å². The minimum atomic E-state index is -3.42. The van der Waals surface area contributed by atoms with Crippen LogP contribution in [0.2, 0.25) is 0 Å². The molecule has 0 aliphatic rings. The Morgan fingerprint density at radius 3 is 2.29 bits per heavy atom. The van der Waals surface area contributed by atoms with Crippen molar-refractivity contribution < 1.29 is 8.42 Å². The third kappa shape index (κ3) is 2.79. The molecule has 6 nitrogen and oxygen atoms in total. The summed E-state index contributed by atoms with van der Waals surface area (Å²) in [4.78, 5) is 0.225. The summed E-state index contributed by atoms with van der Waals surface area (Å²) >= 11 is 0. The largest absolute Gasteiger partial charge is 0.396 e. The molecule has 1 heterocycles. The maximum atomic E-state index is 11.7. The number of nitrogen functional groups attached to an aromatic ring is 1. The van der Waals surface area contributed by atoms with Crippen molar-refractivity contribution in [3.05, 3.63) is 35.7 Å². The van der Waals surface area contributed by atoms with Crippen LogP contribution in [-0.2, 0) is 22.9 Å². The molecule has 7 heteroatoms. The Morgan fingerprint density at radius 1 is 1.19 bits per heavy atom. The normalized spacial score (nSPS) is 11.8. The smallest absolute Gasteiger partial charge is 0.240 e. The van der Waals surface area contributed by atoms with Crippen molar-refractivity contribution in [2.45, 2.75) is 31.6 Å². The summed E-state index contributed by atoms with van der Waals surface area (Å²) in [6.45, 7) is 4.02. The van der Waals surface area contributed by atoms with E-state index in [1.54, 1.807) is 28.9 Å². The Hall–Kier alpha value is -1.86. The van der Waals surface area contributed by atoms with Crippen LogP contribution in [0.1, 0.15) is 25.2 Å². The summed E-state index contributed by atoms with van der Waals surface area (Å²) in [7, 11) is -2.04. The maximum Gasteiger partial charge on any atom is 0.240 e. The van der Waals surface area contributed by atoms with Gasteiger partial charge in [0.2, 0.25) is 10.0 Å². The first-order valence-electron chi connectivity index (χ1n) is 6.84. The number of aryl methyl sites for hydroxylation is 1. The zero-order valence-corrected chi connectivity index (χ0v) is 13.2. The third-order valence-corrected chi connectivity index (χ3v) is 4.86. The van der Waals surface area contributed by atoms with Gasteiger partial charge in [0, 0.05) is 0 Å². The van der Waals surface area contributed by atoms with Crippen molar-refractivity contribution in [1.82, 2.24) is 14.5 Å². The van der Waals surface area contributed by atoms with Crippen molar-refractivity contribution in [3.8, 4) is 5.69 Å². The number of hydrogen-bond acceptors (Lipinski definition) is 4. The first kappa shape index (κ1) is 15.5. The van der Waals surface area contributed by atoms with Crippen LogP contribution in [0.15, 0.2) is 29.2 Å². The van der Waals surface area contributed by atoms with Gasteiger partial charge in [-0.15, -0.1) is 0 Å². The number of hydrogen-bond donors (Lipinski definition) is 2. The van der Waals surface area contributed by atoms with Gasteiger partial charge in [0.15, 0.2) is 0 Å². The number of benzene rings is 1. The van der Waals surface area contributed by atoms with Crippen LogP contribution < -0.4 is 10.5 Å². The standard InChI is InChI=1S/C14H20N4O2S/c1-4-12-14(15)13(5-2)18(17-12)10-6-8-11(9-7-10)21(19,20)16-3/h6-9,16H,4-5,15H2,1-3H3. The molecule has 0 aliphatic heterocycles. The van der Waals surface area contributed by atoms with E-state index in [1.165, 1.54) is 7.05 Å². The second-order valence-corrected chi connectivity index (χ2v) is 6.51. The highest BCUT2D eigenvalue weighted by atomic mass is 32.2. The van der Waals surface area contributed by atoms with Crippen molar-refractivity contribution in [1.29, 1.82) is 0 Å². The van der Waals surface area contributed by atoms with E-state index < -0.39 is 10.0 Å².